The lowest BCUT2D eigenvalue weighted by molar-refractivity contribution is 0.238. The molecule has 0 aliphatic heterocycles. The maximum Gasteiger partial charge on any atom is 0.134 e. The predicted molar refractivity (Wildman–Crippen MR) is 36.7 cm³/mol. The SMILES string of the molecule is C=COC(C)=COCC. The van der Waals surface area contributed by atoms with Crippen LogP contribution in [0.3, 0.4) is 0 Å². The second-order valence-corrected chi connectivity index (χ2v) is 1.47. The topological polar surface area (TPSA) is 18.5 Å². The third kappa shape index (κ3) is 4.94. The van der Waals surface area contributed by atoms with E-state index in [0.29, 0.717) is 12.4 Å². The van der Waals surface area contributed by atoms with Gasteiger partial charge in [0.25, 0.3) is 0 Å². The van der Waals surface area contributed by atoms with Gasteiger partial charge in [-0.2, -0.15) is 0 Å². The third-order valence-corrected chi connectivity index (χ3v) is 0.685. The molecule has 0 unspecified atom stereocenters. The molecule has 0 radical (unpaired) electrons. The van der Waals surface area contributed by atoms with Crippen molar-refractivity contribution in [2.75, 3.05) is 6.61 Å². The van der Waals surface area contributed by atoms with E-state index in [-0.39, 0.29) is 0 Å². The molecule has 0 saturated heterocycles. The van der Waals surface area contributed by atoms with E-state index in [9.17, 15) is 0 Å². The van der Waals surface area contributed by atoms with E-state index < -0.39 is 0 Å². The summed E-state index contributed by atoms with van der Waals surface area (Å²) in [5, 5.41) is 0. The zero-order valence-corrected chi connectivity index (χ0v) is 5.89. The van der Waals surface area contributed by atoms with Crippen molar-refractivity contribution in [1.82, 2.24) is 0 Å². The molecule has 0 bridgehead atoms. The molecule has 0 rings (SSSR count). The lowest BCUT2D eigenvalue weighted by Crippen LogP contribution is -1.82. The highest BCUT2D eigenvalue weighted by Gasteiger charge is 1.81. The molecular formula is C7H12O2. The quantitative estimate of drug-likeness (QED) is 0.539. The van der Waals surface area contributed by atoms with Crippen LogP contribution in [0.1, 0.15) is 13.8 Å². The van der Waals surface area contributed by atoms with E-state index in [1.165, 1.54) is 6.26 Å². The van der Waals surface area contributed by atoms with Crippen LogP contribution in [0.5, 0.6) is 0 Å². The summed E-state index contributed by atoms with van der Waals surface area (Å²) in [6.07, 6.45) is 2.92. The summed E-state index contributed by atoms with van der Waals surface area (Å²) < 4.78 is 9.76. The molecule has 0 amide bonds. The van der Waals surface area contributed by atoms with Crippen molar-refractivity contribution in [2.24, 2.45) is 0 Å². The average Bonchev–Trinajstić information content (AvgIpc) is 1.85. The van der Waals surface area contributed by atoms with Crippen molar-refractivity contribution in [3.63, 3.8) is 0 Å². The van der Waals surface area contributed by atoms with Gasteiger partial charge in [-0.15, -0.1) is 0 Å². The van der Waals surface area contributed by atoms with Gasteiger partial charge in [-0.1, -0.05) is 6.58 Å². The zero-order chi connectivity index (χ0) is 7.11. The van der Waals surface area contributed by atoms with Crippen LogP contribution in [0.25, 0.3) is 0 Å². The molecule has 0 fully saturated rings. The van der Waals surface area contributed by atoms with Crippen molar-refractivity contribution < 1.29 is 9.47 Å². The first-order valence-corrected chi connectivity index (χ1v) is 2.87. The maximum atomic E-state index is 4.91. The summed E-state index contributed by atoms with van der Waals surface area (Å²) in [5.41, 5.74) is 0. The second-order valence-electron chi connectivity index (χ2n) is 1.47. The van der Waals surface area contributed by atoms with Crippen LogP contribution in [0, 0.1) is 0 Å². The van der Waals surface area contributed by atoms with Crippen LogP contribution in [0.15, 0.2) is 24.9 Å². The number of ether oxygens (including phenoxy) is 2. The van der Waals surface area contributed by atoms with E-state index in [1.54, 1.807) is 13.2 Å². The molecule has 0 N–H and O–H groups in total. The first-order valence-electron chi connectivity index (χ1n) is 2.87. The smallest absolute Gasteiger partial charge is 0.134 e. The van der Waals surface area contributed by atoms with Crippen molar-refractivity contribution in [3.05, 3.63) is 24.9 Å². The molecule has 0 aliphatic carbocycles. The maximum absolute atomic E-state index is 4.91. The van der Waals surface area contributed by atoms with E-state index in [1.807, 2.05) is 6.92 Å². The van der Waals surface area contributed by atoms with Gasteiger partial charge in [0.15, 0.2) is 0 Å². The number of hydrogen-bond donors (Lipinski definition) is 0. The summed E-state index contributed by atoms with van der Waals surface area (Å²) in [4.78, 5) is 0. The van der Waals surface area contributed by atoms with Crippen molar-refractivity contribution in [3.8, 4) is 0 Å². The fourth-order valence-electron chi connectivity index (χ4n) is 0.360. The van der Waals surface area contributed by atoms with E-state index in [4.69, 9.17) is 9.47 Å². The molecular weight excluding hydrogens is 116 g/mol. The molecule has 0 atom stereocenters. The Hall–Kier alpha value is -0.920. The summed E-state index contributed by atoms with van der Waals surface area (Å²) in [7, 11) is 0. The Balaban J connectivity index is 3.42. The summed E-state index contributed by atoms with van der Waals surface area (Å²) >= 11 is 0. The standard InChI is InChI=1S/C7H12O2/c1-4-8-6-7(3)9-5-2/h5-6H,2,4H2,1,3H3. The summed E-state index contributed by atoms with van der Waals surface area (Å²) in [5.74, 6) is 0.715. The number of hydrogen-bond acceptors (Lipinski definition) is 2. The van der Waals surface area contributed by atoms with Gasteiger partial charge in [0.05, 0.1) is 12.9 Å². The highest BCUT2D eigenvalue weighted by atomic mass is 16.5. The molecule has 0 spiro atoms. The first-order chi connectivity index (χ1) is 4.31. The highest BCUT2D eigenvalue weighted by Crippen LogP contribution is 1.94. The van der Waals surface area contributed by atoms with Gasteiger partial charge in [-0.3, -0.25) is 0 Å². The van der Waals surface area contributed by atoms with Gasteiger partial charge >= 0.3 is 0 Å². The van der Waals surface area contributed by atoms with Crippen LogP contribution >= 0.6 is 0 Å². The zero-order valence-electron chi connectivity index (χ0n) is 5.89. The largest absolute Gasteiger partial charge is 0.498 e. The monoisotopic (exact) mass is 128 g/mol. The van der Waals surface area contributed by atoms with Gasteiger partial charge in [0, 0.05) is 0 Å². The minimum atomic E-state index is 0.665. The molecule has 0 aliphatic rings. The van der Waals surface area contributed by atoms with E-state index in [0.717, 1.165) is 0 Å². The van der Waals surface area contributed by atoms with Gasteiger partial charge in [0.1, 0.15) is 12.0 Å². The van der Waals surface area contributed by atoms with Crippen LogP contribution in [-0.2, 0) is 9.47 Å². The van der Waals surface area contributed by atoms with Gasteiger partial charge in [-0.25, -0.2) is 0 Å². The molecule has 0 heterocycles. The third-order valence-electron chi connectivity index (χ3n) is 0.685. The van der Waals surface area contributed by atoms with Gasteiger partial charge in [0.2, 0.25) is 0 Å². The predicted octanol–water partition coefficient (Wildman–Crippen LogP) is 2.04. The Labute approximate surface area is 55.8 Å². The molecule has 2 nitrogen and oxygen atoms in total. The molecule has 0 aromatic carbocycles. The molecule has 0 aromatic rings. The Morgan fingerprint density at radius 2 is 2.33 bits per heavy atom. The number of rotatable bonds is 4. The summed E-state index contributed by atoms with van der Waals surface area (Å²) in [6.45, 7) is 7.77. The van der Waals surface area contributed by atoms with E-state index in [2.05, 4.69) is 6.58 Å². The molecule has 0 saturated carbocycles. The normalized spacial score (nSPS) is 10.7. The van der Waals surface area contributed by atoms with Gasteiger partial charge in [-0.05, 0) is 13.8 Å². The molecule has 0 aromatic heterocycles. The van der Waals surface area contributed by atoms with Crippen molar-refractivity contribution in [2.45, 2.75) is 13.8 Å². The van der Waals surface area contributed by atoms with Crippen LogP contribution in [0.2, 0.25) is 0 Å². The minimum absolute atomic E-state index is 0.665. The number of allylic oxidation sites excluding steroid dienone is 1. The average molecular weight is 128 g/mol. The fraction of sp³-hybridized carbons (Fsp3) is 0.429. The van der Waals surface area contributed by atoms with Crippen LogP contribution in [0.4, 0.5) is 0 Å². The second kappa shape index (κ2) is 5.22. The minimum Gasteiger partial charge on any atom is -0.498 e. The van der Waals surface area contributed by atoms with Crippen molar-refractivity contribution in [1.29, 1.82) is 0 Å². The Bertz CT molecular complexity index is 105. The lowest BCUT2D eigenvalue weighted by Gasteiger charge is -1.98. The molecule has 52 valence electrons. The van der Waals surface area contributed by atoms with Gasteiger partial charge < -0.3 is 9.47 Å². The Morgan fingerprint density at radius 3 is 2.78 bits per heavy atom. The van der Waals surface area contributed by atoms with Crippen molar-refractivity contribution >= 4 is 0 Å². The highest BCUT2D eigenvalue weighted by molar-refractivity contribution is 4.83. The van der Waals surface area contributed by atoms with Crippen LogP contribution < -0.4 is 0 Å². The fourth-order valence-corrected chi connectivity index (χ4v) is 0.360. The molecule has 2 heteroatoms. The molecule has 9 heavy (non-hydrogen) atoms. The lowest BCUT2D eigenvalue weighted by atomic mass is 10.6. The Morgan fingerprint density at radius 1 is 1.67 bits per heavy atom. The summed E-state index contributed by atoms with van der Waals surface area (Å²) in [6, 6.07) is 0. The Kier molecular flexibility index (Phi) is 4.69. The van der Waals surface area contributed by atoms with E-state index >= 15 is 0 Å². The van der Waals surface area contributed by atoms with Crippen LogP contribution in [-0.4, -0.2) is 6.61 Å². The first kappa shape index (κ1) is 8.08.